The summed E-state index contributed by atoms with van der Waals surface area (Å²) in [5.41, 5.74) is 1.01. The Labute approximate surface area is 120 Å². The van der Waals surface area contributed by atoms with Gasteiger partial charge in [0.25, 0.3) is 0 Å². The Morgan fingerprint density at radius 1 is 1.19 bits per heavy atom. The normalized spacial score (nSPS) is 10.8. The predicted molar refractivity (Wildman–Crippen MR) is 76.2 cm³/mol. The number of para-hydroxylation sites is 1. The minimum Gasteiger partial charge on any atom is -0.505 e. The zero-order valence-corrected chi connectivity index (χ0v) is 11.2. The van der Waals surface area contributed by atoms with Crippen molar-refractivity contribution in [1.29, 1.82) is 0 Å². The Kier molecular flexibility index (Phi) is 3.10. The standard InChI is InChI=1S/C16H12FNO3/c1-21-16(20)14-15(19)12-8-7-10(17)9-13(12)18(14)11-5-3-2-4-6-11/h2-9,19H,1H3. The van der Waals surface area contributed by atoms with E-state index in [1.807, 2.05) is 6.07 Å². The number of aromatic hydroxyl groups is 1. The SMILES string of the molecule is COC(=O)c1c(O)c2ccc(F)cc2n1-c1ccccc1. The largest absolute Gasteiger partial charge is 0.505 e. The predicted octanol–water partition coefficient (Wildman–Crippen LogP) is 3.26. The molecule has 0 saturated carbocycles. The average molecular weight is 285 g/mol. The van der Waals surface area contributed by atoms with Crippen molar-refractivity contribution >= 4 is 16.9 Å². The third-order valence-corrected chi connectivity index (χ3v) is 3.30. The number of halogens is 1. The maximum atomic E-state index is 13.5. The second-order valence-corrected chi connectivity index (χ2v) is 4.52. The lowest BCUT2D eigenvalue weighted by molar-refractivity contribution is 0.0588. The zero-order chi connectivity index (χ0) is 15.0. The fraction of sp³-hybridized carbons (Fsp3) is 0.0625. The van der Waals surface area contributed by atoms with Crippen molar-refractivity contribution in [2.75, 3.05) is 7.11 Å². The molecular weight excluding hydrogens is 273 g/mol. The number of hydrogen-bond acceptors (Lipinski definition) is 3. The van der Waals surface area contributed by atoms with Gasteiger partial charge in [0.1, 0.15) is 5.82 Å². The molecule has 0 aliphatic heterocycles. The number of nitrogens with zero attached hydrogens (tertiary/aromatic N) is 1. The molecule has 1 aromatic heterocycles. The van der Waals surface area contributed by atoms with Crippen LogP contribution in [0.5, 0.6) is 5.75 Å². The smallest absolute Gasteiger partial charge is 0.358 e. The molecule has 5 heteroatoms. The van der Waals surface area contributed by atoms with Crippen LogP contribution in [0.25, 0.3) is 16.6 Å². The number of aromatic nitrogens is 1. The molecule has 1 N–H and O–H groups in total. The van der Waals surface area contributed by atoms with Gasteiger partial charge in [0.15, 0.2) is 11.4 Å². The van der Waals surface area contributed by atoms with Crippen LogP contribution in [0.4, 0.5) is 4.39 Å². The van der Waals surface area contributed by atoms with E-state index in [0.717, 1.165) is 0 Å². The summed E-state index contributed by atoms with van der Waals surface area (Å²) in [4.78, 5) is 12.0. The molecule has 3 rings (SSSR count). The molecule has 0 bridgehead atoms. The van der Waals surface area contributed by atoms with Gasteiger partial charge in [-0.05, 0) is 30.3 Å². The first-order chi connectivity index (χ1) is 10.1. The summed E-state index contributed by atoms with van der Waals surface area (Å²) in [6.07, 6.45) is 0. The number of carbonyl (C=O) groups is 1. The highest BCUT2D eigenvalue weighted by atomic mass is 19.1. The summed E-state index contributed by atoms with van der Waals surface area (Å²) in [7, 11) is 1.23. The van der Waals surface area contributed by atoms with E-state index >= 15 is 0 Å². The van der Waals surface area contributed by atoms with Crippen LogP contribution in [0.2, 0.25) is 0 Å². The van der Waals surface area contributed by atoms with Crippen molar-refractivity contribution in [3.05, 3.63) is 60.0 Å². The van der Waals surface area contributed by atoms with Crippen molar-refractivity contribution in [2.45, 2.75) is 0 Å². The van der Waals surface area contributed by atoms with E-state index in [-0.39, 0.29) is 11.4 Å². The summed E-state index contributed by atoms with van der Waals surface area (Å²) >= 11 is 0. The molecule has 0 saturated heterocycles. The van der Waals surface area contributed by atoms with Crippen LogP contribution in [0.3, 0.4) is 0 Å². The number of hydrogen-bond donors (Lipinski definition) is 1. The second kappa shape index (κ2) is 4.94. The molecule has 21 heavy (non-hydrogen) atoms. The lowest BCUT2D eigenvalue weighted by Gasteiger charge is -2.09. The molecule has 0 unspecified atom stereocenters. The number of benzene rings is 2. The number of carbonyl (C=O) groups excluding carboxylic acids is 1. The van der Waals surface area contributed by atoms with Gasteiger partial charge in [-0.3, -0.25) is 0 Å². The van der Waals surface area contributed by atoms with Gasteiger partial charge in [-0.15, -0.1) is 0 Å². The fourth-order valence-electron chi connectivity index (χ4n) is 2.37. The van der Waals surface area contributed by atoms with E-state index in [1.165, 1.54) is 29.9 Å². The number of esters is 1. The summed E-state index contributed by atoms with van der Waals surface area (Å²) < 4.78 is 19.8. The molecule has 0 atom stereocenters. The average Bonchev–Trinajstić information content (AvgIpc) is 2.79. The first kappa shape index (κ1) is 13.2. The van der Waals surface area contributed by atoms with Gasteiger partial charge in [-0.1, -0.05) is 18.2 Å². The number of methoxy groups -OCH3 is 1. The van der Waals surface area contributed by atoms with Crippen LogP contribution >= 0.6 is 0 Å². The van der Waals surface area contributed by atoms with Gasteiger partial charge in [0.05, 0.1) is 12.6 Å². The second-order valence-electron chi connectivity index (χ2n) is 4.52. The van der Waals surface area contributed by atoms with Crippen LogP contribution in [0, 0.1) is 5.82 Å². The fourth-order valence-corrected chi connectivity index (χ4v) is 2.37. The summed E-state index contributed by atoms with van der Waals surface area (Å²) in [5, 5.41) is 10.7. The minimum absolute atomic E-state index is 0.0238. The van der Waals surface area contributed by atoms with Crippen molar-refractivity contribution in [3.63, 3.8) is 0 Å². The summed E-state index contributed by atoms with van der Waals surface area (Å²) in [5.74, 6) is -1.36. The lowest BCUT2D eigenvalue weighted by Crippen LogP contribution is -2.09. The van der Waals surface area contributed by atoms with Gasteiger partial charge in [-0.25, -0.2) is 9.18 Å². The third-order valence-electron chi connectivity index (χ3n) is 3.30. The first-order valence-electron chi connectivity index (χ1n) is 6.30. The van der Waals surface area contributed by atoms with Crippen molar-refractivity contribution in [1.82, 2.24) is 4.57 Å². The Hall–Kier alpha value is -2.82. The van der Waals surface area contributed by atoms with E-state index in [0.29, 0.717) is 16.6 Å². The Balaban J connectivity index is 2.44. The zero-order valence-electron chi connectivity index (χ0n) is 11.2. The number of ether oxygens (including phenoxy) is 1. The number of fused-ring (bicyclic) bond motifs is 1. The van der Waals surface area contributed by atoms with Gasteiger partial charge < -0.3 is 14.4 Å². The van der Waals surface area contributed by atoms with Gasteiger partial charge in [0, 0.05) is 11.1 Å². The molecular formula is C16H12FNO3. The minimum atomic E-state index is -0.687. The van der Waals surface area contributed by atoms with Crippen molar-refractivity contribution in [3.8, 4) is 11.4 Å². The highest BCUT2D eigenvalue weighted by Crippen LogP contribution is 2.35. The molecule has 0 amide bonds. The van der Waals surface area contributed by atoms with Crippen LogP contribution in [-0.2, 0) is 4.74 Å². The Morgan fingerprint density at radius 3 is 2.57 bits per heavy atom. The van der Waals surface area contributed by atoms with E-state index in [9.17, 15) is 14.3 Å². The third kappa shape index (κ3) is 2.03. The molecule has 1 heterocycles. The van der Waals surface area contributed by atoms with E-state index in [2.05, 4.69) is 0 Å². The molecule has 0 fully saturated rings. The molecule has 4 nitrogen and oxygen atoms in total. The quantitative estimate of drug-likeness (QED) is 0.735. The molecule has 3 aromatic rings. The molecule has 0 spiro atoms. The van der Waals surface area contributed by atoms with Crippen molar-refractivity contribution in [2.24, 2.45) is 0 Å². The molecule has 0 radical (unpaired) electrons. The first-order valence-corrected chi connectivity index (χ1v) is 6.30. The maximum absolute atomic E-state index is 13.5. The summed E-state index contributed by atoms with van der Waals surface area (Å²) in [6, 6.07) is 12.9. The van der Waals surface area contributed by atoms with Crippen molar-refractivity contribution < 1.29 is 19.0 Å². The maximum Gasteiger partial charge on any atom is 0.358 e. The van der Waals surface area contributed by atoms with Crippen LogP contribution in [0.15, 0.2) is 48.5 Å². The van der Waals surface area contributed by atoms with Gasteiger partial charge in [0.2, 0.25) is 0 Å². The highest BCUT2D eigenvalue weighted by molar-refractivity contribution is 6.02. The molecule has 0 aliphatic carbocycles. The van der Waals surface area contributed by atoms with Crippen LogP contribution < -0.4 is 0 Å². The van der Waals surface area contributed by atoms with Gasteiger partial charge >= 0.3 is 5.97 Å². The van der Waals surface area contributed by atoms with Crippen LogP contribution in [-0.4, -0.2) is 22.8 Å². The Morgan fingerprint density at radius 2 is 1.90 bits per heavy atom. The van der Waals surface area contributed by atoms with Gasteiger partial charge in [-0.2, -0.15) is 0 Å². The topological polar surface area (TPSA) is 51.5 Å². The Bertz CT molecular complexity index is 824. The summed E-state index contributed by atoms with van der Waals surface area (Å²) in [6.45, 7) is 0. The number of rotatable bonds is 2. The molecule has 106 valence electrons. The highest BCUT2D eigenvalue weighted by Gasteiger charge is 2.24. The van der Waals surface area contributed by atoms with Crippen LogP contribution in [0.1, 0.15) is 10.5 Å². The van der Waals surface area contributed by atoms with E-state index in [4.69, 9.17) is 4.74 Å². The molecule has 2 aromatic carbocycles. The monoisotopic (exact) mass is 285 g/mol. The molecule has 0 aliphatic rings. The van der Waals surface area contributed by atoms with E-state index < -0.39 is 11.8 Å². The van der Waals surface area contributed by atoms with E-state index in [1.54, 1.807) is 24.3 Å². The lowest BCUT2D eigenvalue weighted by atomic mass is 10.2.